The van der Waals surface area contributed by atoms with Crippen LogP contribution in [0.4, 0.5) is 0 Å². The maximum atomic E-state index is 4.55. The van der Waals surface area contributed by atoms with Crippen LogP contribution in [0.1, 0.15) is 54.3 Å². The standard InChI is InChI=1S/C13H21N/c1-7-8(2)13-9(3)11(5)14-12(6)10(13)4/h8H,7H2,1-6H3. The molecule has 0 radical (unpaired) electrons. The molecule has 1 unspecified atom stereocenters. The van der Waals surface area contributed by atoms with E-state index in [1.54, 1.807) is 0 Å². The summed E-state index contributed by atoms with van der Waals surface area (Å²) in [4.78, 5) is 4.55. The van der Waals surface area contributed by atoms with Crippen LogP contribution in [0, 0.1) is 27.7 Å². The molecular formula is C13H21N. The van der Waals surface area contributed by atoms with Crippen molar-refractivity contribution in [1.29, 1.82) is 0 Å². The van der Waals surface area contributed by atoms with Gasteiger partial charge in [0.25, 0.3) is 0 Å². The van der Waals surface area contributed by atoms with Crippen molar-refractivity contribution in [3.8, 4) is 0 Å². The van der Waals surface area contributed by atoms with Crippen LogP contribution in [0.15, 0.2) is 0 Å². The fourth-order valence-corrected chi connectivity index (χ4v) is 2.03. The minimum Gasteiger partial charge on any atom is -0.258 e. The molecule has 1 atom stereocenters. The molecule has 1 nitrogen and oxygen atoms in total. The van der Waals surface area contributed by atoms with E-state index in [2.05, 4.69) is 46.5 Å². The van der Waals surface area contributed by atoms with E-state index < -0.39 is 0 Å². The van der Waals surface area contributed by atoms with E-state index in [9.17, 15) is 0 Å². The molecule has 1 rings (SSSR count). The van der Waals surface area contributed by atoms with Gasteiger partial charge >= 0.3 is 0 Å². The molecule has 0 fully saturated rings. The Hall–Kier alpha value is -0.850. The maximum absolute atomic E-state index is 4.55. The van der Waals surface area contributed by atoms with E-state index in [0.717, 1.165) is 0 Å². The third kappa shape index (κ3) is 1.82. The van der Waals surface area contributed by atoms with E-state index in [1.807, 2.05) is 0 Å². The number of nitrogens with zero attached hydrogens (tertiary/aromatic N) is 1. The van der Waals surface area contributed by atoms with Crippen LogP contribution >= 0.6 is 0 Å². The van der Waals surface area contributed by atoms with Crippen LogP contribution in [0.5, 0.6) is 0 Å². The minimum atomic E-state index is 0.649. The quantitative estimate of drug-likeness (QED) is 0.692. The molecular weight excluding hydrogens is 170 g/mol. The van der Waals surface area contributed by atoms with Gasteiger partial charge in [0.1, 0.15) is 0 Å². The Balaban J connectivity index is 3.39. The lowest BCUT2D eigenvalue weighted by Gasteiger charge is -2.19. The fourth-order valence-electron chi connectivity index (χ4n) is 2.03. The van der Waals surface area contributed by atoms with Gasteiger partial charge < -0.3 is 0 Å². The molecule has 0 N–H and O–H groups in total. The van der Waals surface area contributed by atoms with E-state index >= 15 is 0 Å². The monoisotopic (exact) mass is 191 g/mol. The molecule has 0 aliphatic carbocycles. The molecule has 0 aromatic carbocycles. The highest BCUT2D eigenvalue weighted by Gasteiger charge is 2.13. The third-order valence-electron chi connectivity index (χ3n) is 3.33. The smallest absolute Gasteiger partial charge is 0.0408 e. The molecule has 1 heteroatoms. The Morgan fingerprint density at radius 1 is 1.00 bits per heavy atom. The summed E-state index contributed by atoms with van der Waals surface area (Å²) < 4.78 is 0. The predicted octanol–water partition coefficient (Wildman–Crippen LogP) is 3.83. The van der Waals surface area contributed by atoms with Crippen LogP contribution in [-0.4, -0.2) is 4.98 Å². The van der Waals surface area contributed by atoms with Crippen molar-refractivity contribution in [3.05, 3.63) is 28.1 Å². The SMILES string of the molecule is CCC(C)c1c(C)c(C)nc(C)c1C. The Bertz CT molecular complexity index is 313. The maximum Gasteiger partial charge on any atom is 0.0408 e. The van der Waals surface area contributed by atoms with Gasteiger partial charge in [-0.3, -0.25) is 4.98 Å². The zero-order valence-corrected chi connectivity index (χ0v) is 10.2. The number of hydrogen-bond acceptors (Lipinski definition) is 1. The first-order chi connectivity index (χ1) is 6.49. The first-order valence-corrected chi connectivity index (χ1v) is 5.43. The van der Waals surface area contributed by atoms with Crippen molar-refractivity contribution >= 4 is 0 Å². The molecule has 0 amide bonds. The van der Waals surface area contributed by atoms with Crippen molar-refractivity contribution < 1.29 is 0 Å². The van der Waals surface area contributed by atoms with Crippen molar-refractivity contribution in [3.63, 3.8) is 0 Å². The van der Waals surface area contributed by atoms with E-state index in [4.69, 9.17) is 0 Å². The molecule has 78 valence electrons. The molecule has 1 aromatic heterocycles. The lowest BCUT2D eigenvalue weighted by molar-refractivity contribution is 0.715. The summed E-state index contributed by atoms with van der Waals surface area (Å²) in [5, 5.41) is 0. The summed E-state index contributed by atoms with van der Waals surface area (Å²) in [5.41, 5.74) is 6.63. The highest BCUT2D eigenvalue weighted by Crippen LogP contribution is 2.28. The number of aromatic nitrogens is 1. The Morgan fingerprint density at radius 3 is 1.79 bits per heavy atom. The molecule has 1 aromatic rings. The van der Waals surface area contributed by atoms with Gasteiger partial charge in [-0.1, -0.05) is 13.8 Å². The Labute approximate surface area is 87.6 Å². The van der Waals surface area contributed by atoms with Gasteiger partial charge in [-0.2, -0.15) is 0 Å². The summed E-state index contributed by atoms with van der Waals surface area (Å²) >= 11 is 0. The van der Waals surface area contributed by atoms with Crippen molar-refractivity contribution in [2.24, 2.45) is 0 Å². The van der Waals surface area contributed by atoms with Gasteiger partial charge in [-0.25, -0.2) is 0 Å². The molecule has 0 aliphatic rings. The van der Waals surface area contributed by atoms with E-state index in [0.29, 0.717) is 5.92 Å². The lowest BCUT2D eigenvalue weighted by Crippen LogP contribution is -2.05. The summed E-state index contributed by atoms with van der Waals surface area (Å²) in [6.45, 7) is 13.1. The first-order valence-electron chi connectivity index (χ1n) is 5.43. The van der Waals surface area contributed by atoms with Crippen LogP contribution in [-0.2, 0) is 0 Å². The average Bonchev–Trinajstić information content (AvgIpc) is 2.15. The molecule has 1 heterocycles. The van der Waals surface area contributed by atoms with Gasteiger partial charge in [0, 0.05) is 11.4 Å². The molecule has 14 heavy (non-hydrogen) atoms. The van der Waals surface area contributed by atoms with Crippen LogP contribution < -0.4 is 0 Å². The second-order valence-electron chi connectivity index (χ2n) is 4.26. The Morgan fingerprint density at radius 2 is 1.43 bits per heavy atom. The highest BCUT2D eigenvalue weighted by atomic mass is 14.7. The number of aryl methyl sites for hydroxylation is 2. The zero-order chi connectivity index (χ0) is 10.9. The summed E-state index contributed by atoms with van der Waals surface area (Å²) in [6.07, 6.45) is 1.20. The minimum absolute atomic E-state index is 0.649. The summed E-state index contributed by atoms with van der Waals surface area (Å²) in [6, 6.07) is 0. The van der Waals surface area contributed by atoms with E-state index in [1.165, 1.54) is 34.5 Å². The van der Waals surface area contributed by atoms with Crippen LogP contribution in [0.3, 0.4) is 0 Å². The highest BCUT2D eigenvalue weighted by molar-refractivity contribution is 5.40. The predicted molar refractivity (Wildman–Crippen MR) is 61.9 cm³/mol. The van der Waals surface area contributed by atoms with Gasteiger partial charge in [0.05, 0.1) is 0 Å². The van der Waals surface area contributed by atoms with Crippen LogP contribution in [0.2, 0.25) is 0 Å². The topological polar surface area (TPSA) is 12.9 Å². The fraction of sp³-hybridized carbons (Fsp3) is 0.615. The number of pyridine rings is 1. The van der Waals surface area contributed by atoms with Gasteiger partial charge in [0.2, 0.25) is 0 Å². The third-order valence-corrected chi connectivity index (χ3v) is 3.33. The van der Waals surface area contributed by atoms with Crippen molar-refractivity contribution in [1.82, 2.24) is 4.98 Å². The van der Waals surface area contributed by atoms with Crippen molar-refractivity contribution in [2.45, 2.75) is 53.9 Å². The Kier molecular flexibility index (Phi) is 3.30. The molecule has 0 saturated heterocycles. The second kappa shape index (κ2) is 4.12. The molecule has 0 saturated carbocycles. The van der Waals surface area contributed by atoms with Gasteiger partial charge in [-0.05, 0) is 56.7 Å². The zero-order valence-electron chi connectivity index (χ0n) is 10.2. The summed E-state index contributed by atoms with van der Waals surface area (Å²) in [7, 11) is 0. The molecule has 0 bridgehead atoms. The number of rotatable bonds is 2. The van der Waals surface area contributed by atoms with Crippen molar-refractivity contribution in [2.75, 3.05) is 0 Å². The first kappa shape index (κ1) is 11.2. The van der Waals surface area contributed by atoms with Crippen LogP contribution in [0.25, 0.3) is 0 Å². The van der Waals surface area contributed by atoms with Gasteiger partial charge in [-0.15, -0.1) is 0 Å². The largest absolute Gasteiger partial charge is 0.258 e. The normalized spacial score (nSPS) is 13.0. The molecule has 0 spiro atoms. The number of hydrogen-bond donors (Lipinski definition) is 0. The average molecular weight is 191 g/mol. The lowest BCUT2D eigenvalue weighted by atomic mass is 9.89. The van der Waals surface area contributed by atoms with Gasteiger partial charge in [0.15, 0.2) is 0 Å². The summed E-state index contributed by atoms with van der Waals surface area (Å²) in [5.74, 6) is 0.649. The van der Waals surface area contributed by atoms with E-state index in [-0.39, 0.29) is 0 Å². The second-order valence-corrected chi connectivity index (χ2v) is 4.26. The molecule has 0 aliphatic heterocycles.